The summed E-state index contributed by atoms with van der Waals surface area (Å²) < 4.78 is 6.55. The molecule has 0 spiro atoms. The molecule has 128 valence electrons. The summed E-state index contributed by atoms with van der Waals surface area (Å²) in [5.74, 6) is -0.181. The second-order valence-corrected chi connectivity index (χ2v) is 6.56. The number of amides is 1. The fraction of sp³-hybridized carbons (Fsp3) is 0.688. The molecule has 23 heavy (non-hydrogen) atoms. The molecule has 0 aromatic carbocycles. The highest BCUT2D eigenvalue weighted by atomic mass is 16.5. The molecule has 0 unspecified atom stereocenters. The van der Waals surface area contributed by atoms with Gasteiger partial charge in [0.2, 0.25) is 5.91 Å². The first kappa shape index (κ1) is 17.5. The average Bonchev–Trinajstić information content (AvgIpc) is 3.09. The maximum absolute atomic E-state index is 12.1. The van der Waals surface area contributed by atoms with Gasteiger partial charge in [-0.2, -0.15) is 5.10 Å². The van der Waals surface area contributed by atoms with Gasteiger partial charge in [0.1, 0.15) is 0 Å². The van der Waals surface area contributed by atoms with Gasteiger partial charge < -0.3 is 15.8 Å². The van der Waals surface area contributed by atoms with Crippen molar-refractivity contribution in [2.24, 2.45) is 11.7 Å². The summed E-state index contributed by atoms with van der Waals surface area (Å²) in [5.41, 5.74) is 5.64. The minimum atomic E-state index is -0.924. The zero-order chi connectivity index (χ0) is 17.0. The van der Waals surface area contributed by atoms with E-state index in [2.05, 4.69) is 10.4 Å². The number of aromatic nitrogens is 2. The molecule has 7 nitrogen and oxygen atoms in total. The van der Waals surface area contributed by atoms with Gasteiger partial charge >= 0.3 is 5.97 Å². The fourth-order valence-electron chi connectivity index (χ4n) is 2.86. The number of esters is 1. The van der Waals surface area contributed by atoms with Crippen molar-refractivity contribution in [1.82, 2.24) is 9.78 Å². The van der Waals surface area contributed by atoms with Gasteiger partial charge in [-0.25, -0.2) is 4.79 Å². The average molecular weight is 322 g/mol. The summed E-state index contributed by atoms with van der Waals surface area (Å²) >= 11 is 0. The van der Waals surface area contributed by atoms with Crippen molar-refractivity contribution in [3.63, 3.8) is 0 Å². The molecule has 0 radical (unpaired) electrons. The van der Waals surface area contributed by atoms with Crippen LogP contribution in [0.2, 0.25) is 0 Å². The number of anilines is 1. The third-order valence-electron chi connectivity index (χ3n) is 4.38. The van der Waals surface area contributed by atoms with Crippen LogP contribution in [0.5, 0.6) is 0 Å². The van der Waals surface area contributed by atoms with Crippen molar-refractivity contribution >= 4 is 17.6 Å². The summed E-state index contributed by atoms with van der Waals surface area (Å²) in [6, 6.07) is 0.117. The van der Waals surface area contributed by atoms with Crippen LogP contribution in [-0.4, -0.2) is 34.3 Å². The molecular formula is C16H26N4O3. The molecule has 1 aromatic heterocycles. The lowest BCUT2D eigenvalue weighted by molar-refractivity contribution is -0.152. The van der Waals surface area contributed by atoms with Gasteiger partial charge in [0.05, 0.1) is 18.5 Å². The highest BCUT2D eigenvalue weighted by Gasteiger charge is 2.32. The molecule has 7 heteroatoms. The highest BCUT2D eigenvalue weighted by Crippen LogP contribution is 2.27. The van der Waals surface area contributed by atoms with E-state index in [4.69, 9.17) is 10.5 Å². The van der Waals surface area contributed by atoms with Gasteiger partial charge in [-0.3, -0.25) is 9.48 Å². The van der Waals surface area contributed by atoms with Crippen molar-refractivity contribution in [2.45, 2.75) is 58.0 Å². The number of nitrogens with one attached hydrogen (secondary N) is 1. The van der Waals surface area contributed by atoms with Gasteiger partial charge in [-0.05, 0) is 39.5 Å². The van der Waals surface area contributed by atoms with E-state index in [1.54, 1.807) is 27.0 Å². The smallest absolute Gasteiger partial charge is 0.333 e. The van der Waals surface area contributed by atoms with E-state index in [9.17, 15) is 9.59 Å². The van der Waals surface area contributed by atoms with Crippen LogP contribution in [0.3, 0.4) is 0 Å². The standard InChI is InChI=1S/C16H26N4O3/c1-4-23-15(22)16(2,3)20-10-12(9-18-20)19-14(21)8-11-6-5-7-13(11)17/h9-11,13H,4-8,17H2,1-3H3,(H,19,21)/t11-,13+/m0/s1. The van der Waals surface area contributed by atoms with Crippen LogP contribution in [0.25, 0.3) is 0 Å². The molecule has 2 atom stereocenters. The Bertz CT molecular complexity index is 567. The first-order chi connectivity index (χ1) is 10.8. The Balaban J connectivity index is 1.96. The second-order valence-electron chi connectivity index (χ2n) is 6.56. The summed E-state index contributed by atoms with van der Waals surface area (Å²) in [7, 11) is 0. The Labute approximate surface area is 136 Å². The van der Waals surface area contributed by atoms with Crippen LogP contribution in [0.15, 0.2) is 12.4 Å². The first-order valence-corrected chi connectivity index (χ1v) is 8.12. The van der Waals surface area contributed by atoms with Crippen LogP contribution in [0.1, 0.15) is 46.5 Å². The quantitative estimate of drug-likeness (QED) is 0.776. The van der Waals surface area contributed by atoms with Gasteiger partial charge in [-0.15, -0.1) is 0 Å². The first-order valence-electron chi connectivity index (χ1n) is 8.12. The SMILES string of the molecule is CCOC(=O)C(C)(C)n1cc(NC(=O)C[C@@H]2CCC[C@H]2N)cn1. The number of hydrogen-bond donors (Lipinski definition) is 2. The third-order valence-corrected chi connectivity index (χ3v) is 4.38. The minimum absolute atomic E-state index is 0.0687. The maximum Gasteiger partial charge on any atom is 0.333 e. The Kier molecular flexibility index (Phi) is 5.41. The monoisotopic (exact) mass is 322 g/mol. The molecule has 1 heterocycles. The van der Waals surface area contributed by atoms with E-state index >= 15 is 0 Å². The zero-order valence-electron chi connectivity index (χ0n) is 14.0. The predicted octanol–water partition coefficient (Wildman–Crippen LogP) is 1.64. The number of carbonyl (C=O) groups excluding carboxylic acids is 2. The fourth-order valence-corrected chi connectivity index (χ4v) is 2.86. The summed E-state index contributed by atoms with van der Waals surface area (Å²) in [6.45, 7) is 5.52. The van der Waals surface area contributed by atoms with E-state index in [1.807, 2.05) is 0 Å². The van der Waals surface area contributed by atoms with Crippen molar-refractivity contribution in [3.05, 3.63) is 12.4 Å². The largest absolute Gasteiger partial charge is 0.464 e. The van der Waals surface area contributed by atoms with Crippen molar-refractivity contribution < 1.29 is 14.3 Å². The number of hydrogen-bond acceptors (Lipinski definition) is 5. The molecule has 3 N–H and O–H groups in total. The van der Waals surface area contributed by atoms with E-state index in [1.165, 1.54) is 10.9 Å². The Morgan fingerprint density at radius 2 is 2.22 bits per heavy atom. The summed E-state index contributed by atoms with van der Waals surface area (Å²) in [6.07, 6.45) is 6.68. The zero-order valence-corrected chi connectivity index (χ0v) is 14.0. The topological polar surface area (TPSA) is 99.2 Å². The summed E-state index contributed by atoms with van der Waals surface area (Å²) in [4.78, 5) is 24.1. The molecule has 1 amide bonds. The molecular weight excluding hydrogens is 296 g/mol. The van der Waals surface area contributed by atoms with Gasteiger partial charge in [0, 0.05) is 18.7 Å². The molecule has 0 aliphatic heterocycles. The van der Waals surface area contributed by atoms with Gasteiger partial charge in [0.15, 0.2) is 5.54 Å². The molecule has 0 saturated heterocycles. The Morgan fingerprint density at radius 3 is 2.83 bits per heavy atom. The van der Waals surface area contributed by atoms with Crippen molar-refractivity contribution in [2.75, 3.05) is 11.9 Å². The van der Waals surface area contributed by atoms with Crippen LogP contribution in [0, 0.1) is 5.92 Å². The minimum Gasteiger partial charge on any atom is -0.464 e. The normalized spacial score (nSPS) is 21.2. The maximum atomic E-state index is 12.1. The van der Waals surface area contributed by atoms with Gasteiger partial charge in [0.25, 0.3) is 0 Å². The molecule has 0 bridgehead atoms. The molecule has 1 fully saturated rings. The van der Waals surface area contributed by atoms with E-state index in [-0.39, 0.29) is 23.8 Å². The number of ether oxygens (including phenoxy) is 1. The third kappa shape index (κ3) is 4.10. The molecule has 1 aliphatic rings. The summed E-state index contributed by atoms with van der Waals surface area (Å²) in [5, 5.41) is 6.99. The lowest BCUT2D eigenvalue weighted by atomic mass is 10.00. The molecule has 2 rings (SSSR count). The van der Waals surface area contributed by atoms with Crippen molar-refractivity contribution in [3.8, 4) is 0 Å². The lowest BCUT2D eigenvalue weighted by Gasteiger charge is -2.22. The highest BCUT2D eigenvalue weighted by molar-refractivity contribution is 5.90. The number of rotatable bonds is 6. The Morgan fingerprint density at radius 1 is 1.48 bits per heavy atom. The number of nitrogens with zero attached hydrogens (tertiary/aromatic N) is 2. The number of carbonyl (C=O) groups is 2. The van der Waals surface area contributed by atoms with Crippen LogP contribution in [0.4, 0.5) is 5.69 Å². The van der Waals surface area contributed by atoms with E-state index < -0.39 is 5.54 Å². The van der Waals surface area contributed by atoms with E-state index in [0.717, 1.165) is 19.3 Å². The Hall–Kier alpha value is -1.89. The molecule has 1 saturated carbocycles. The second kappa shape index (κ2) is 7.12. The predicted molar refractivity (Wildman–Crippen MR) is 86.7 cm³/mol. The van der Waals surface area contributed by atoms with Crippen LogP contribution in [-0.2, 0) is 19.9 Å². The van der Waals surface area contributed by atoms with Crippen LogP contribution < -0.4 is 11.1 Å². The number of nitrogens with two attached hydrogens (primary N) is 1. The van der Waals surface area contributed by atoms with Crippen LogP contribution >= 0.6 is 0 Å². The molecule has 1 aromatic rings. The van der Waals surface area contributed by atoms with Crippen molar-refractivity contribution in [1.29, 1.82) is 0 Å². The van der Waals surface area contributed by atoms with Gasteiger partial charge in [-0.1, -0.05) is 6.42 Å². The van der Waals surface area contributed by atoms with E-state index in [0.29, 0.717) is 18.7 Å². The lowest BCUT2D eigenvalue weighted by Crippen LogP contribution is -2.37. The molecule has 1 aliphatic carbocycles.